The second-order valence-corrected chi connectivity index (χ2v) is 8.63. The Morgan fingerprint density at radius 1 is 1.00 bits per heavy atom. The Bertz CT molecular complexity index is 1470. The number of nitrogens with zero attached hydrogens (tertiary/aromatic N) is 4. The first kappa shape index (κ1) is 21.0. The van der Waals surface area contributed by atoms with Crippen LogP contribution in [-0.2, 0) is 17.4 Å². The van der Waals surface area contributed by atoms with Crippen molar-refractivity contribution in [1.82, 2.24) is 19.4 Å². The Balaban J connectivity index is 1.56. The van der Waals surface area contributed by atoms with E-state index in [0.717, 1.165) is 28.2 Å². The van der Waals surface area contributed by atoms with E-state index in [2.05, 4.69) is 9.97 Å². The van der Waals surface area contributed by atoms with Crippen LogP contribution in [0, 0.1) is 5.82 Å². The number of aromatic nitrogens is 4. The summed E-state index contributed by atoms with van der Waals surface area (Å²) in [6.45, 7) is 0.319. The van der Waals surface area contributed by atoms with Crippen molar-refractivity contribution >= 4 is 16.4 Å². The first-order chi connectivity index (χ1) is 16.1. The number of pyridine rings is 1. The van der Waals surface area contributed by atoms with Gasteiger partial charge in [0, 0.05) is 24.2 Å². The van der Waals surface area contributed by atoms with E-state index in [9.17, 15) is 8.60 Å². The van der Waals surface area contributed by atoms with Crippen LogP contribution in [0.25, 0.3) is 28.3 Å². The van der Waals surface area contributed by atoms with Crippen LogP contribution < -0.4 is 4.74 Å². The van der Waals surface area contributed by atoms with Gasteiger partial charge in [-0.3, -0.25) is 8.61 Å². The molecule has 0 fully saturated rings. The fraction of sp³-hybridized carbons (Fsp3) is 0.0800. The zero-order chi connectivity index (χ0) is 22.8. The van der Waals surface area contributed by atoms with Crippen LogP contribution in [0.3, 0.4) is 0 Å². The second kappa shape index (κ2) is 8.91. The van der Waals surface area contributed by atoms with E-state index in [-0.39, 0.29) is 11.0 Å². The summed E-state index contributed by atoms with van der Waals surface area (Å²) in [4.78, 5) is 13.5. The fourth-order valence-electron chi connectivity index (χ4n) is 3.53. The van der Waals surface area contributed by atoms with Gasteiger partial charge in [0.15, 0.2) is 0 Å². The fourth-order valence-corrected chi connectivity index (χ4v) is 3.97. The molecule has 0 amide bonds. The molecule has 33 heavy (non-hydrogen) atoms. The summed E-state index contributed by atoms with van der Waals surface area (Å²) in [6, 6.07) is 21.4. The zero-order valence-corrected chi connectivity index (χ0v) is 18.5. The minimum absolute atomic E-state index is 0.265. The van der Waals surface area contributed by atoms with Crippen LogP contribution in [0.1, 0.15) is 5.56 Å². The topological polar surface area (TPSA) is 69.4 Å². The summed E-state index contributed by atoms with van der Waals surface area (Å²) in [6.07, 6.45) is 5.07. The van der Waals surface area contributed by atoms with E-state index in [1.165, 1.54) is 12.1 Å². The maximum absolute atomic E-state index is 13.1. The molecule has 0 saturated heterocycles. The molecular formula is C25H19FN4O2S. The zero-order valence-electron chi connectivity index (χ0n) is 17.7. The van der Waals surface area contributed by atoms with Gasteiger partial charge in [0.25, 0.3) is 0 Å². The summed E-state index contributed by atoms with van der Waals surface area (Å²) in [7, 11) is -1.31. The van der Waals surface area contributed by atoms with Gasteiger partial charge in [0.05, 0.1) is 27.9 Å². The van der Waals surface area contributed by atoms with Gasteiger partial charge in [0.2, 0.25) is 5.16 Å². The summed E-state index contributed by atoms with van der Waals surface area (Å²) >= 11 is 0. The molecule has 2 aromatic carbocycles. The van der Waals surface area contributed by atoms with Crippen LogP contribution in [0.15, 0.2) is 90.3 Å². The molecule has 0 aliphatic rings. The van der Waals surface area contributed by atoms with Gasteiger partial charge in [-0.25, -0.2) is 19.3 Å². The van der Waals surface area contributed by atoms with Crippen LogP contribution >= 0.6 is 0 Å². The van der Waals surface area contributed by atoms with Crippen molar-refractivity contribution in [2.45, 2.75) is 11.8 Å². The quantitative estimate of drug-likeness (QED) is 0.338. The molecule has 0 bridgehead atoms. The molecule has 6 nitrogen and oxygen atoms in total. The summed E-state index contributed by atoms with van der Waals surface area (Å²) < 4.78 is 33.0. The number of rotatable bonds is 6. The molecular weight excluding hydrogens is 439 g/mol. The normalized spacial score (nSPS) is 12.1. The SMILES string of the molecule is CS(=O)c1nccc(-c2c(-c3cccc(OCc4ccc(F)cc4)c3)nc3ccccn23)n1. The Kier molecular flexibility index (Phi) is 5.66. The molecule has 5 aromatic rings. The van der Waals surface area contributed by atoms with E-state index in [0.29, 0.717) is 18.1 Å². The van der Waals surface area contributed by atoms with Gasteiger partial charge >= 0.3 is 0 Å². The van der Waals surface area contributed by atoms with E-state index < -0.39 is 10.8 Å². The van der Waals surface area contributed by atoms with Crippen LogP contribution in [-0.4, -0.2) is 29.8 Å². The summed E-state index contributed by atoms with van der Waals surface area (Å²) in [5.74, 6) is 0.387. The molecule has 3 aromatic heterocycles. The molecule has 5 rings (SSSR count). The lowest BCUT2D eigenvalue weighted by atomic mass is 10.1. The van der Waals surface area contributed by atoms with Crippen molar-refractivity contribution in [2.24, 2.45) is 0 Å². The average Bonchev–Trinajstić information content (AvgIpc) is 3.24. The third kappa shape index (κ3) is 4.38. The minimum atomic E-state index is -1.31. The molecule has 0 saturated carbocycles. The number of imidazole rings is 1. The van der Waals surface area contributed by atoms with Crippen LogP contribution in [0.4, 0.5) is 4.39 Å². The van der Waals surface area contributed by atoms with Crippen molar-refractivity contribution in [1.29, 1.82) is 0 Å². The number of benzene rings is 2. The smallest absolute Gasteiger partial charge is 0.218 e. The van der Waals surface area contributed by atoms with Gasteiger partial charge in [-0.1, -0.05) is 30.3 Å². The Morgan fingerprint density at radius 3 is 2.67 bits per heavy atom. The monoisotopic (exact) mass is 458 g/mol. The summed E-state index contributed by atoms with van der Waals surface area (Å²) in [5.41, 5.74) is 4.61. The van der Waals surface area contributed by atoms with E-state index >= 15 is 0 Å². The highest BCUT2D eigenvalue weighted by Crippen LogP contribution is 2.33. The highest BCUT2D eigenvalue weighted by atomic mass is 32.2. The Labute approximate surface area is 192 Å². The molecule has 1 unspecified atom stereocenters. The van der Waals surface area contributed by atoms with Gasteiger partial charge in [-0.2, -0.15) is 0 Å². The highest BCUT2D eigenvalue weighted by molar-refractivity contribution is 7.84. The van der Waals surface area contributed by atoms with E-state index in [4.69, 9.17) is 9.72 Å². The van der Waals surface area contributed by atoms with Crippen molar-refractivity contribution in [2.75, 3.05) is 6.26 Å². The maximum atomic E-state index is 13.1. The van der Waals surface area contributed by atoms with Crippen molar-refractivity contribution in [3.05, 3.63) is 96.6 Å². The molecule has 0 aliphatic heterocycles. The molecule has 0 radical (unpaired) electrons. The van der Waals surface area contributed by atoms with E-state index in [1.54, 1.807) is 30.7 Å². The van der Waals surface area contributed by atoms with Gasteiger partial charge in [-0.15, -0.1) is 0 Å². The summed E-state index contributed by atoms with van der Waals surface area (Å²) in [5, 5.41) is 0.265. The maximum Gasteiger partial charge on any atom is 0.218 e. The van der Waals surface area contributed by atoms with Crippen molar-refractivity contribution in [3.8, 4) is 28.4 Å². The largest absolute Gasteiger partial charge is 0.489 e. The lowest BCUT2D eigenvalue weighted by Gasteiger charge is -2.09. The lowest BCUT2D eigenvalue weighted by molar-refractivity contribution is 0.306. The molecule has 164 valence electrons. The number of fused-ring (bicyclic) bond motifs is 1. The van der Waals surface area contributed by atoms with Gasteiger partial charge in [-0.05, 0) is 48.0 Å². The van der Waals surface area contributed by atoms with Crippen LogP contribution in [0.2, 0.25) is 0 Å². The van der Waals surface area contributed by atoms with Crippen molar-refractivity contribution in [3.63, 3.8) is 0 Å². The average molecular weight is 459 g/mol. The van der Waals surface area contributed by atoms with Gasteiger partial charge < -0.3 is 4.74 Å². The standard InChI is InChI=1S/C25H19FN4O2S/c1-33(31)25-27-13-12-21(28-25)24-23(29-22-7-2-3-14-30(22)24)18-5-4-6-20(15-18)32-16-17-8-10-19(26)11-9-17/h2-15H,16H2,1H3. The number of halogens is 1. The highest BCUT2D eigenvalue weighted by Gasteiger charge is 2.18. The van der Waals surface area contributed by atoms with E-state index in [1.807, 2.05) is 53.1 Å². The van der Waals surface area contributed by atoms with Crippen molar-refractivity contribution < 1.29 is 13.3 Å². The third-order valence-corrected chi connectivity index (χ3v) is 5.80. The Hall–Kier alpha value is -3.91. The second-order valence-electron chi connectivity index (χ2n) is 7.36. The molecule has 0 aliphatic carbocycles. The first-order valence-electron chi connectivity index (χ1n) is 10.2. The molecule has 1 atom stereocenters. The number of hydrogen-bond acceptors (Lipinski definition) is 5. The van der Waals surface area contributed by atoms with Crippen LogP contribution in [0.5, 0.6) is 5.75 Å². The lowest BCUT2D eigenvalue weighted by Crippen LogP contribution is -2.00. The molecule has 0 spiro atoms. The minimum Gasteiger partial charge on any atom is -0.489 e. The predicted octanol–water partition coefficient (Wildman–Crippen LogP) is 4.91. The predicted molar refractivity (Wildman–Crippen MR) is 125 cm³/mol. The third-order valence-electron chi connectivity index (χ3n) is 5.09. The molecule has 8 heteroatoms. The van der Waals surface area contributed by atoms with Gasteiger partial charge in [0.1, 0.15) is 23.8 Å². The number of ether oxygens (including phenoxy) is 1. The first-order valence-corrected chi connectivity index (χ1v) is 11.8. The Morgan fingerprint density at radius 2 is 1.85 bits per heavy atom. The molecule has 3 heterocycles. The molecule has 0 N–H and O–H groups in total. The number of hydrogen-bond donors (Lipinski definition) is 0.